The summed E-state index contributed by atoms with van der Waals surface area (Å²) in [5.41, 5.74) is 0.944. The van der Waals surface area contributed by atoms with Crippen molar-refractivity contribution in [3.8, 4) is 11.9 Å². The fourth-order valence-electron chi connectivity index (χ4n) is 1.86. The van der Waals surface area contributed by atoms with E-state index in [4.69, 9.17) is 13.9 Å². The van der Waals surface area contributed by atoms with Gasteiger partial charge in [-0.05, 0) is 42.3 Å². The molecule has 7 nitrogen and oxygen atoms in total. The number of methoxy groups -OCH3 is 2. The number of anilines is 3. The lowest BCUT2D eigenvalue weighted by atomic mass is 10.3. The van der Waals surface area contributed by atoms with E-state index in [-0.39, 0.29) is 6.01 Å². The van der Waals surface area contributed by atoms with Crippen LogP contribution >= 0.6 is 11.9 Å². The molecule has 0 aliphatic rings. The van der Waals surface area contributed by atoms with Gasteiger partial charge < -0.3 is 23.9 Å². The zero-order chi connectivity index (χ0) is 16.8. The maximum Gasteiger partial charge on any atom is 0.321 e. The third kappa shape index (κ3) is 4.11. The van der Waals surface area contributed by atoms with Crippen LogP contribution in [0, 0.1) is 0 Å². The van der Waals surface area contributed by atoms with Crippen molar-refractivity contribution in [1.29, 1.82) is 0 Å². The summed E-state index contributed by atoms with van der Waals surface area (Å²) in [6, 6.07) is 13.5. The van der Waals surface area contributed by atoms with Gasteiger partial charge in [0.05, 0.1) is 20.5 Å². The van der Waals surface area contributed by atoms with Gasteiger partial charge in [0.1, 0.15) is 5.82 Å². The quantitative estimate of drug-likeness (QED) is 0.624. The fourth-order valence-corrected chi connectivity index (χ4v) is 2.46. The van der Waals surface area contributed by atoms with Crippen molar-refractivity contribution in [3.05, 3.63) is 48.7 Å². The number of hydrogen-bond acceptors (Lipinski definition) is 8. The van der Waals surface area contributed by atoms with Crippen LogP contribution in [0.25, 0.3) is 0 Å². The van der Waals surface area contributed by atoms with Crippen LogP contribution in [0.5, 0.6) is 11.9 Å². The summed E-state index contributed by atoms with van der Waals surface area (Å²) < 4.78 is 18.6. The summed E-state index contributed by atoms with van der Waals surface area (Å²) in [5, 5.41) is 3.17. The predicted octanol–water partition coefficient (Wildman–Crippen LogP) is 3.95. The molecule has 0 aliphatic carbocycles. The first-order valence-corrected chi connectivity index (χ1v) is 7.89. The Balaban J connectivity index is 1.62. The van der Waals surface area contributed by atoms with E-state index in [1.54, 1.807) is 19.4 Å². The van der Waals surface area contributed by atoms with E-state index in [0.717, 1.165) is 10.6 Å². The summed E-state index contributed by atoms with van der Waals surface area (Å²) in [5.74, 6) is 1.73. The van der Waals surface area contributed by atoms with E-state index >= 15 is 0 Å². The minimum Gasteiger partial charge on any atom is -0.481 e. The van der Waals surface area contributed by atoms with Crippen LogP contribution in [0.15, 0.2) is 58.0 Å². The first-order chi connectivity index (χ1) is 11.8. The largest absolute Gasteiger partial charge is 0.481 e. The van der Waals surface area contributed by atoms with Crippen molar-refractivity contribution in [2.45, 2.75) is 4.90 Å². The minimum atomic E-state index is 0.246. The molecule has 0 saturated carbocycles. The van der Waals surface area contributed by atoms with E-state index in [1.807, 2.05) is 36.4 Å². The smallest absolute Gasteiger partial charge is 0.321 e. The average molecular weight is 344 g/mol. The Hall–Kier alpha value is -2.87. The van der Waals surface area contributed by atoms with Crippen molar-refractivity contribution in [1.82, 2.24) is 9.97 Å². The third-order valence-corrected chi connectivity index (χ3v) is 3.81. The molecule has 124 valence electrons. The van der Waals surface area contributed by atoms with Gasteiger partial charge in [-0.25, -0.2) is 0 Å². The highest BCUT2D eigenvalue weighted by atomic mass is 32.2. The summed E-state index contributed by atoms with van der Waals surface area (Å²) in [4.78, 5) is 9.29. The van der Waals surface area contributed by atoms with Gasteiger partial charge in [-0.3, -0.25) is 0 Å². The van der Waals surface area contributed by atoms with Gasteiger partial charge in [0.25, 0.3) is 0 Å². The van der Waals surface area contributed by atoms with Gasteiger partial charge >= 0.3 is 6.01 Å². The minimum absolute atomic E-state index is 0.246. The van der Waals surface area contributed by atoms with Crippen molar-refractivity contribution in [2.24, 2.45) is 0 Å². The first-order valence-electron chi connectivity index (χ1n) is 7.07. The molecular weight excluding hydrogens is 328 g/mol. The number of aromatic nitrogens is 2. The van der Waals surface area contributed by atoms with E-state index < -0.39 is 0 Å². The lowest BCUT2D eigenvalue weighted by Crippen LogP contribution is -1.99. The Morgan fingerprint density at radius 2 is 1.88 bits per heavy atom. The standard InChI is InChI=1S/C16H16N4O3S/c1-21-15-10-13(18-16(19-15)22-2)20-24-12-7-5-11(6-8-12)17-14-4-3-9-23-14/h3-10,17H,1-2H3,(H,18,19,20). The van der Waals surface area contributed by atoms with E-state index in [0.29, 0.717) is 17.6 Å². The highest BCUT2D eigenvalue weighted by Gasteiger charge is 2.05. The van der Waals surface area contributed by atoms with Crippen molar-refractivity contribution >= 4 is 29.3 Å². The molecule has 0 atom stereocenters. The van der Waals surface area contributed by atoms with Crippen LogP contribution in [-0.4, -0.2) is 24.2 Å². The number of rotatable bonds is 7. The van der Waals surface area contributed by atoms with Crippen LogP contribution in [0.2, 0.25) is 0 Å². The molecule has 3 aromatic rings. The number of nitrogens with one attached hydrogen (secondary N) is 2. The van der Waals surface area contributed by atoms with E-state index in [9.17, 15) is 0 Å². The molecule has 0 bridgehead atoms. The second-order valence-corrected chi connectivity index (χ2v) is 5.49. The maximum atomic E-state index is 5.25. The van der Waals surface area contributed by atoms with Crippen LogP contribution in [-0.2, 0) is 0 Å². The first kappa shape index (κ1) is 16.0. The number of ether oxygens (including phenoxy) is 2. The number of furan rings is 1. The summed E-state index contributed by atoms with van der Waals surface area (Å²) >= 11 is 1.43. The second-order valence-electron chi connectivity index (χ2n) is 4.61. The van der Waals surface area contributed by atoms with Crippen LogP contribution in [0.1, 0.15) is 0 Å². The summed E-state index contributed by atoms with van der Waals surface area (Å²) in [6.07, 6.45) is 1.63. The van der Waals surface area contributed by atoms with Crippen LogP contribution in [0.4, 0.5) is 17.4 Å². The normalized spacial score (nSPS) is 10.2. The Morgan fingerprint density at radius 1 is 1.04 bits per heavy atom. The summed E-state index contributed by atoms with van der Waals surface area (Å²) in [6.45, 7) is 0. The molecule has 2 N–H and O–H groups in total. The van der Waals surface area contributed by atoms with Gasteiger partial charge in [-0.2, -0.15) is 9.97 Å². The third-order valence-electron chi connectivity index (χ3n) is 2.99. The highest BCUT2D eigenvalue weighted by molar-refractivity contribution is 8.00. The predicted molar refractivity (Wildman–Crippen MR) is 93.0 cm³/mol. The summed E-state index contributed by atoms with van der Waals surface area (Å²) in [7, 11) is 3.06. The molecular formula is C16H16N4O3S. The Labute approximate surface area is 143 Å². The Bertz CT molecular complexity index is 756. The second kappa shape index (κ2) is 7.60. The Morgan fingerprint density at radius 3 is 2.54 bits per heavy atom. The molecule has 0 fully saturated rings. The fraction of sp³-hybridized carbons (Fsp3) is 0.125. The molecule has 0 unspecified atom stereocenters. The average Bonchev–Trinajstić information content (AvgIpc) is 3.13. The van der Waals surface area contributed by atoms with Gasteiger partial charge in [-0.15, -0.1) is 0 Å². The molecule has 2 aromatic heterocycles. The lowest BCUT2D eigenvalue weighted by molar-refractivity contribution is 0.353. The number of benzene rings is 1. The van der Waals surface area contributed by atoms with Crippen LogP contribution < -0.4 is 19.5 Å². The molecule has 3 rings (SSSR count). The molecule has 1 aromatic carbocycles. The molecule has 0 spiro atoms. The maximum absolute atomic E-state index is 5.25. The SMILES string of the molecule is COc1cc(NSc2ccc(Nc3ccco3)cc2)nc(OC)n1. The molecule has 0 amide bonds. The van der Waals surface area contributed by atoms with Crippen molar-refractivity contribution in [2.75, 3.05) is 24.3 Å². The van der Waals surface area contributed by atoms with Crippen molar-refractivity contribution in [3.63, 3.8) is 0 Å². The van der Waals surface area contributed by atoms with E-state index in [1.165, 1.54) is 19.1 Å². The van der Waals surface area contributed by atoms with Crippen molar-refractivity contribution < 1.29 is 13.9 Å². The van der Waals surface area contributed by atoms with E-state index in [2.05, 4.69) is 20.0 Å². The molecule has 24 heavy (non-hydrogen) atoms. The van der Waals surface area contributed by atoms with Gasteiger partial charge in [0.2, 0.25) is 5.88 Å². The Kier molecular flexibility index (Phi) is 5.07. The molecule has 0 radical (unpaired) electrons. The zero-order valence-electron chi connectivity index (χ0n) is 13.1. The van der Waals surface area contributed by atoms with Gasteiger partial charge in [0, 0.05) is 22.7 Å². The molecule has 2 heterocycles. The van der Waals surface area contributed by atoms with Gasteiger partial charge in [0.15, 0.2) is 5.88 Å². The van der Waals surface area contributed by atoms with Gasteiger partial charge in [-0.1, -0.05) is 0 Å². The monoisotopic (exact) mass is 344 g/mol. The zero-order valence-corrected chi connectivity index (χ0v) is 14.0. The molecule has 0 aliphatic heterocycles. The highest BCUT2D eigenvalue weighted by Crippen LogP contribution is 2.25. The number of hydrogen-bond donors (Lipinski definition) is 2. The molecule has 0 saturated heterocycles. The lowest BCUT2D eigenvalue weighted by Gasteiger charge is -2.08. The van der Waals surface area contributed by atoms with Crippen LogP contribution in [0.3, 0.4) is 0 Å². The molecule has 8 heteroatoms. The topological polar surface area (TPSA) is 81.4 Å². The number of nitrogens with zero attached hydrogens (tertiary/aromatic N) is 2.